The van der Waals surface area contributed by atoms with Crippen LogP contribution in [0.2, 0.25) is 0 Å². The molecule has 2 aromatic carbocycles. The van der Waals surface area contributed by atoms with Crippen LogP contribution in [0.15, 0.2) is 49.6 Å². The van der Waals surface area contributed by atoms with E-state index in [1.54, 1.807) is 0 Å². The van der Waals surface area contributed by atoms with E-state index in [-0.39, 0.29) is 8.95 Å². The van der Waals surface area contributed by atoms with Crippen LogP contribution in [-0.4, -0.2) is 38.3 Å². The Balaban J connectivity index is 1.42. The molecule has 11 heteroatoms. The van der Waals surface area contributed by atoms with E-state index in [1.165, 1.54) is 11.3 Å². The number of aromatic nitrogens is 1. The molecule has 0 amide bonds. The van der Waals surface area contributed by atoms with Crippen LogP contribution in [-0.2, 0) is 16.3 Å². The van der Waals surface area contributed by atoms with E-state index in [1.807, 2.05) is 41.5 Å². The van der Waals surface area contributed by atoms with Crippen LogP contribution < -0.4 is 9.64 Å². The van der Waals surface area contributed by atoms with Gasteiger partial charge in [0.25, 0.3) is 0 Å². The minimum Gasteiger partial charge on any atom is -0.494 e. The van der Waals surface area contributed by atoms with Crippen LogP contribution in [0, 0.1) is 11.6 Å². The molecule has 1 aromatic heterocycles. The molecule has 1 aliphatic rings. The van der Waals surface area contributed by atoms with E-state index in [9.17, 15) is 17.2 Å². The van der Waals surface area contributed by atoms with Crippen LogP contribution in [0.1, 0.15) is 31.0 Å². The number of thiazole rings is 1. The van der Waals surface area contributed by atoms with Gasteiger partial charge in [0.1, 0.15) is 16.5 Å². The average molecular weight is 636 g/mol. The van der Waals surface area contributed by atoms with Crippen molar-refractivity contribution in [3.05, 3.63) is 67.5 Å². The Kier molecular flexibility index (Phi) is 7.95. The summed E-state index contributed by atoms with van der Waals surface area (Å²) in [5.74, 6) is -0.970. The van der Waals surface area contributed by atoms with E-state index < -0.39 is 31.6 Å². The van der Waals surface area contributed by atoms with Gasteiger partial charge >= 0.3 is 0 Å². The number of piperidine rings is 1. The molecule has 5 nitrogen and oxygen atoms in total. The lowest BCUT2D eigenvalue weighted by Crippen LogP contribution is -2.39. The van der Waals surface area contributed by atoms with Crippen molar-refractivity contribution in [2.24, 2.45) is 0 Å². The van der Waals surface area contributed by atoms with Gasteiger partial charge in [0.2, 0.25) is 0 Å². The van der Waals surface area contributed by atoms with Crippen LogP contribution in [0.4, 0.5) is 13.9 Å². The molecule has 182 valence electrons. The fourth-order valence-electron chi connectivity index (χ4n) is 3.93. The first-order valence-corrected chi connectivity index (χ1v) is 14.7. The Bertz CT molecular complexity index is 1250. The molecule has 0 spiro atoms. The number of anilines is 1. The Labute approximate surface area is 218 Å². The molecule has 0 aliphatic carbocycles. The lowest BCUT2D eigenvalue weighted by molar-refractivity contribution is 0.340. The standard InChI is InChI=1S/C23H22Br2F2N2O3S2/c1-2-32-16-5-3-14(4-6-16)11-15-13-33-23(28-15)29-9-7-17(8-10-29)34(30,31)22-20(25)19(26)12-18(24)21(22)27/h3-6,12-13,17H,2,7-11H2,1H3. The Morgan fingerprint density at radius 2 is 1.85 bits per heavy atom. The summed E-state index contributed by atoms with van der Waals surface area (Å²) in [6, 6.07) is 8.82. The largest absolute Gasteiger partial charge is 0.494 e. The normalized spacial score (nSPS) is 15.0. The molecule has 2 heterocycles. The van der Waals surface area contributed by atoms with Gasteiger partial charge in [0.15, 0.2) is 20.8 Å². The van der Waals surface area contributed by atoms with Gasteiger partial charge in [0, 0.05) is 24.9 Å². The third-order valence-corrected chi connectivity index (χ3v) is 10.5. The number of sulfone groups is 1. The first kappa shape index (κ1) is 25.5. The molecule has 0 radical (unpaired) electrons. The molecule has 1 aliphatic heterocycles. The fourth-order valence-corrected chi connectivity index (χ4v) is 8.17. The fraction of sp³-hybridized carbons (Fsp3) is 0.348. The maximum Gasteiger partial charge on any atom is 0.185 e. The molecule has 0 bridgehead atoms. The Morgan fingerprint density at radius 1 is 1.18 bits per heavy atom. The molecular weight excluding hydrogens is 614 g/mol. The van der Waals surface area contributed by atoms with E-state index in [0.717, 1.165) is 28.2 Å². The van der Waals surface area contributed by atoms with Gasteiger partial charge in [-0.3, -0.25) is 0 Å². The summed E-state index contributed by atoms with van der Waals surface area (Å²) in [4.78, 5) is 6.15. The van der Waals surface area contributed by atoms with Crippen molar-refractivity contribution < 1.29 is 21.9 Å². The van der Waals surface area contributed by atoms with Gasteiger partial charge in [-0.15, -0.1) is 11.3 Å². The molecule has 3 aromatic rings. The lowest BCUT2D eigenvalue weighted by Gasteiger charge is -2.31. The summed E-state index contributed by atoms with van der Waals surface area (Å²) in [5, 5.41) is 2.04. The molecule has 0 N–H and O–H groups in total. The summed E-state index contributed by atoms with van der Waals surface area (Å²) in [6.45, 7) is 3.50. The minimum absolute atomic E-state index is 0.216. The Hall–Kier alpha value is -1.56. The van der Waals surface area contributed by atoms with E-state index in [4.69, 9.17) is 9.72 Å². The van der Waals surface area contributed by atoms with E-state index in [0.29, 0.717) is 39.0 Å². The van der Waals surface area contributed by atoms with Crippen molar-refractivity contribution in [3.8, 4) is 5.75 Å². The highest BCUT2D eigenvalue weighted by atomic mass is 79.9. The topological polar surface area (TPSA) is 59.5 Å². The molecule has 1 fully saturated rings. The third-order valence-electron chi connectivity index (χ3n) is 5.67. The predicted molar refractivity (Wildman–Crippen MR) is 137 cm³/mol. The van der Waals surface area contributed by atoms with Crippen molar-refractivity contribution in [1.29, 1.82) is 0 Å². The molecule has 0 unspecified atom stereocenters. The zero-order valence-electron chi connectivity index (χ0n) is 18.2. The molecular formula is C23H22Br2F2N2O3S2. The van der Waals surface area contributed by atoms with Gasteiger partial charge in [-0.1, -0.05) is 12.1 Å². The van der Waals surface area contributed by atoms with Crippen molar-refractivity contribution >= 4 is 58.2 Å². The van der Waals surface area contributed by atoms with Gasteiger partial charge in [-0.2, -0.15) is 0 Å². The second-order valence-corrected chi connectivity index (χ2v) is 12.6. The molecule has 4 rings (SSSR count). The van der Waals surface area contributed by atoms with Gasteiger partial charge < -0.3 is 9.64 Å². The first-order chi connectivity index (χ1) is 16.2. The van der Waals surface area contributed by atoms with Crippen LogP contribution in [0.5, 0.6) is 5.75 Å². The van der Waals surface area contributed by atoms with Gasteiger partial charge in [-0.05, 0) is 75.4 Å². The zero-order chi connectivity index (χ0) is 24.5. The highest BCUT2D eigenvalue weighted by Crippen LogP contribution is 2.37. The SMILES string of the molecule is CCOc1ccc(Cc2csc(N3CCC(S(=O)(=O)c4c(F)c(Br)cc(F)c4Br)CC3)n2)cc1. The molecule has 0 saturated carbocycles. The van der Waals surface area contributed by atoms with Crippen LogP contribution in [0.3, 0.4) is 0 Å². The minimum atomic E-state index is -4.06. The monoisotopic (exact) mass is 634 g/mol. The zero-order valence-corrected chi connectivity index (χ0v) is 23.0. The molecule has 34 heavy (non-hydrogen) atoms. The average Bonchev–Trinajstić information content (AvgIpc) is 3.28. The van der Waals surface area contributed by atoms with E-state index in [2.05, 4.69) is 31.9 Å². The van der Waals surface area contributed by atoms with Crippen molar-refractivity contribution in [3.63, 3.8) is 0 Å². The highest BCUT2D eigenvalue weighted by Gasteiger charge is 2.36. The summed E-state index contributed by atoms with van der Waals surface area (Å²) >= 11 is 7.34. The van der Waals surface area contributed by atoms with Crippen LogP contribution in [0.25, 0.3) is 0 Å². The van der Waals surface area contributed by atoms with Crippen molar-refractivity contribution in [1.82, 2.24) is 4.98 Å². The maximum atomic E-state index is 14.6. The summed E-state index contributed by atoms with van der Waals surface area (Å²) < 4.78 is 59.9. The molecule has 1 saturated heterocycles. The summed E-state index contributed by atoms with van der Waals surface area (Å²) in [5.41, 5.74) is 2.06. The number of rotatable bonds is 7. The quantitative estimate of drug-likeness (QED) is 0.282. The Morgan fingerprint density at radius 3 is 2.50 bits per heavy atom. The number of nitrogens with zero attached hydrogens (tertiary/aromatic N) is 2. The van der Waals surface area contributed by atoms with Crippen LogP contribution >= 0.6 is 43.2 Å². The number of hydrogen-bond acceptors (Lipinski definition) is 6. The van der Waals surface area contributed by atoms with Gasteiger partial charge in [-0.25, -0.2) is 22.2 Å². The van der Waals surface area contributed by atoms with Crippen molar-refractivity contribution in [2.45, 2.75) is 36.3 Å². The summed E-state index contributed by atoms with van der Waals surface area (Å²) in [7, 11) is -4.06. The van der Waals surface area contributed by atoms with E-state index >= 15 is 0 Å². The number of halogens is 4. The number of hydrogen-bond donors (Lipinski definition) is 0. The second kappa shape index (κ2) is 10.6. The lowest BCUT2D eigenvalue weighted by atomic mass is 10.1. The second-order valence-electron chi connectivity index (χ2n) is 7.90. The smallest absolute Gasteiger partial charge is 0.185 e. The maximum absolute atomic E-state index is 14.6. The molecule has 0 atom stereocenters. The highest BCUT2D eigenvalue weighted by molar-refractivity contribution is 9.11. The predicted octanol–water partition coefficient (Wildman–Crippen LogP) is 6.38. The number of ether oxygens (including phenoxy) is 1. The van der Waals surface area contributed by atoms with Crippen molar-refractivity contribution in [2.75, 3.05) is 24.6 Å². The summed E-state index contributed by atoms with van der Waals surface area (Å²) in [6.07, 6.45) is 1.29. The number of benzene rings is 2. The first-order valence-electron chi connectivity index (χ1n) is 10.7. The third kappa shape index (κ3) is 5.32. The van der Waals surface area contributed by atoms with Gasteiger partial charge in [0.05, 0.1) is 26.5 Å².